The zero-order valence-corrected chi connectivity index (χ0v) is 16.5. The van der Waals surface area contributed by atoms with Crippen LogP contribution < -0.4 is 4.90 Å². The number of H-pyrrole nitrogens is 1. The number of imidazole rings is 1. The quantitative estimate of drug-likeness (QED) is 0.691. The highest BCUT2D eigenvalue weighted by molar-refractivity contribution is 6.16. The van der Waals surface area contributed by atoms with E-state index in [2.05, 4.69) is 15.0 Å². The van der Waals surface area contributed by atoms with Crippen LogP contribution in [0.25, 0.3) is 11.0 Å². The fourth-order valence-corrected chi connectivity index (χ4v) is 3.67. The van der Waals surface area contributed by atoms with Crippen LogP contribution >= 0.6 is 0 Å². The van der Waals surface area contributed by atoms with Crippen LogP contribution in [0.1, 0.15) is 37.4 Å². The second-order valence-corrected chi connectivity index (χ2v) is 7.73. The number of nitrogens with zero attached hydrogens (tertiary/aromatic N) is 3. The number of carbonyl (C=O) groups excluding carboxylic acids is 2. The third-order valence-electron chi connectivity index (χ3n) is 4.96. The Kier molecular flexibility index (Phi) is 4.66. The number of pyridine rings is 1. The Balaban J connectivity index is 1.86. The molecule has 1 aliphatic rings. The molecule has 4 rings (SSSR count). The molecule has 0 spiro atoms. The molecule has 2 aromatic heterocycles. The number of carbonyl (C=O) groups is 2. The van der Waals surface area contributed by atoms with E-state index in [1.807, 2.05) is 39.0 Å². The average molecular weight is 390 g/mol. The topological polar surface area (TPSA) is 99.2 Å². The van der Waals surface area contributed by atoms with E-state index in [0.717, 1.165) is 11.1 Å². The highest BCUT2D eigenvalue weighted by atomic mass is 16.3. The van der Waals surface area contributed by atoms with Gasteiger partial charge in [-0.2, -0.15) is 0 Å². The standard InChI is InChI=1S/C22H22N4O3/c1-12(2)9-17(27)18-19(14-5-4-8-23-11-14)26(21(29)20(18)28)22-24-15-7-6-13(3)10-16(15)25-22/h4-8,10-12,19,28H,9H2,1-3H3,(H,24,25). The molecule has 0 aliphatic carbocycles. The first-order valence-corrected chi connectivity index (χ1v) is 9.53. The fraction of sp³-hybridized carbons (Fsp3) is 0.273. The van der Waals surface area contributed by atoms with Gasteiger partial charge in [-0.1, -0.05) is 26.0 Å². The lowest BCUT2D eigenvalue weighted by atomic mass is 9.93. The summed E-state index contributed by atoms with van der Waals surface area (Å²) in [6, 6.07) is 8.46. The van der Waals surface area contributed by atoms with E-state index in [0.29, 0.717) is 11.1 Å². The Bertz CT molecular complexity index is 1130. The van der Waals surface area contributed by atoms with Crippen LogP contribution in [-0.4, -0.2) is 31.7 Å². The lowest BCUT2D eigenvalue weighted by molar-refractivity contribution is -0.118. The minimum absolute atomic E-state index is 0.0911. The predicted octanol–water partition coefficient (Wildman–Crippen LogP) is 3.78. The number of aromatic amines is 1. The van der Waals surface area contributed by atoms with Gasteiger partial charge in [0.15, 0.2) is 11.5 Å². The number of rotatable bonds is 5. The van der Waals surface area contributed by atoms with Crippen molar-refractivity contribution in [3.63, 3.8) is 0 Å². The number of aromatic nitrogens is 3. The Labute approximate surface area is 168 Å². The summed E-state index contributed by atoms with van der Waals surface area (Å²) in [5, 5.41) is 10.6. The number of hydrogen-bond acceptors (Lipinski definition) is 5. The molecule has 2 N–H and O–H groups in total. The van der Waals surface area contributed by atoms with E-state index >= 15 is 0 Å². The van der Waals surface area contributed by atoms with Crippen molar-refractivity contribution in [3.05, 3.63) is 65.2 Å². The smallest absolute Gasteiger partial charge is 0.296 e. The summed E-state index contributed by atoms with van der Waals surface area (Å²) in [6.07, 6.45) is 3.45. The van der Waals surface area contributed by atoms with Gasteiger partial charge in [0.25, 0.3) is 5.91 Å². The Hall–Kier alpha value is -3.48. The number of Topliss-reactive ketones (excluding diaryl/α,β-unsaturated/α-hetero) is 1. The lowest BCUT2D eigenvalue weighted by Gasteiger charge is -2.24. The number of nitrogens with one attached hydrogen (secondary N) is 1. The van der Waals surface area contributed by atoms with Crippen molar-refractivity contribution in [2.45, 2.75) is 33.2 Å². The van der Waals surface area contributed by atoms with Crippen molar-refractivity contribution in [1.29, 1.82) is 0 Å². The molecule has 0 saturated heterocycles. The summed E-state index contributed by atoms with van der Waals surface area (Å²) < 4.78 is 0. The molecule has 7 nitrogen and oxygen atoms in total. The number of fused-ring (bicyclic) bond motifs is 1. The van der Waals surface area contributed by atoms with Gasteiger partial charge in [0.2, 0.25) is 5.95 Å². The van der Waals surface area contributed by atoms with Crippen LogP contribution in [0.15, 0.2) is 54.1 Å². The molecular formula is C22H22N4O3. The summed E-state index contributed by atoms with van der Waals surface area (Å²) in [5.74, 6) is -1.06. The molecule has 1 aliphatic heterocycles. The van der Waals surface area contributed by atoms with Gasteiger partial charge >= 0.3 is 0 Å². The van der Waals surface area contributed by atoms with Gasteiger partial charge < -0.3 is 10.1 Å². The number of aliphatic hydroxyl groups is 1. The maximum atomic E-state index is 13.0. The van der Waals surface area contributed by atoms with E-state index in [-0.39, 0.29) is 29.6 Å². The van der Waals surface area contributed by atoms with Crippen molar-refractivity contribution in [2.24, 2.45) is 5.92 Å². The first kappa shape index (κ1) is 18.9. The van der Waals surface area contributed by atoms with Gasteiger partial charge in [0.05, 0.1) is 22.6 Å². The highest BCUT2D eigenvalue weighted by Crippen LogP contribution is 2.40. The van der Waals surface area contributed by atoms with Crippen LogP contribution in [0.3, 0.4) is 0 Å². The summed E-state index contributed by atoms with van der Waals surface area (Å²) in [6.45, 7) is 5.81. The normalized spacial score (nSPS) is 17.0. The fourth-order valence-electron chi connectivity index (χ4n) is 3.67. The second kappa shape index (κ2) is 7.16. The summed E-state index contributed by atoms with van der Waals surface area (Å²) >= 11 is 0. The molecule has 3 heterocycles. The zero-order valence-electron chi connectivity index (χ0n) is 16.5. The molecule has 0 fully saturated rings. The summed E-state index contributed by atoms with van der Waals surface area (Å²) in [5.41, 5.74) is 3.25. The van der Waals surface area contributed by atoms with Crippen molar-refractivity contribution in [2.75, 3.05) is 4.90 Å². The van der Waals surface area contributed by atoms with E-state index < -0.39 is 17.7 Å². The number of anilines is 1. The van der Waals surface area contributed by atoms with Crippen molar-refractivity contribution in [1.82, 2.24) is 15.0 Å². The van der Waals surface area contributed by atoms with Crippen LogP contribution in [0, 0.1) is 12.8 Å². The molecule has 1 aromatic carbocycles. The van der Waals surface area contributed by atoms with Gasteiger partial charge in [0, 0.05) is 18.8 Å². The molecule has 0 radical (unpaired) electrons. The molecule has 1 unspecified atom stereocenters. The van der Waals surface area contributed by atoms with Crippen LogP contribution in [0.5, 0.6) is 0 Å². The predicted molar refractivity (Wildman–Crippen MR) is 109 cm³/mol. The number of aryl methyl sites for hydroxylation is 1. The third kappa shape index (κ3) is 3.29. The summed E-state index contributed by atoms with van der Waals surface area (Å²) in [4.78, 5) is 39.1. The average Bonchev–Trinajstić information content (AvgIpc) is 3.20. The van der Waals surface area contributed by atoms with E-state index in [1.165, 1.54) is 4.90 Å². The summed E-state index contributed by atoms with van der Waals surface area (Å²) in [7, 11) is 0. The minimum Gasteiger partial charge on any atom is -0.503 e. The van der Waals surface area contributed by atoms with Crippen LogP contribution in [0.2, 0.25) is 0 Å². The monoisotopic (exact) mass is 390 g/mol. The molecule has 7 heteroatoms. The molecular weight excluding hydrogens is 368 g/mol. The first-order chi connectivity index (χ1) is 13.9. The second-order valence-electron chi connectivity index (χ2n) is 7.73. The number of hydrogen-bond donors (Lipinski definition) is 2. The number of benzene rings is 1. The van der Waals surface area contributed by atoms with E-state index in [9.17, 15) is 14.7 Å². The number of amides is 1. The Morgan fingerprint density at radius 2 is 2.10 bits per heavy atom. The maximum Gasteiger partial charge on any atom is 0.296 e. The van der Waals surface area contributed by atoms with Crippen LogP contribution in [-0.2, 0) is 9.59 Å². The first-order valence-electron chi connectivity index (χ1n) is 9.53. The van der Waals surface area contributed by atoms with Crippen molar-refractivity contribution in [3.8, 4) is 0 Å². The zero-order chi connectivity index (χ0) is 20.7. The molecule has 0 bridgehead atoms. The molecule has 29 heavy (non-hydrogen) atoms. The molecule has 148 valence electrons. The minimum atomic E-state index is -0.788. The molecule has 1 amide bonds. The van der Waals surface area contributed by atoms with Gasteiger partial charge in [-0.25, -0.2) is 4.98 Å². The van der Waals surface area contributed by atoms with Gasteiger partial charge in [-0.05, 0) is 42.2 Å². The van der Waals surface area contributed by atoms with Gasteiger partial charge in [-0.3, -0.25) is 19.5 Å². The number of ketones is 1. The highest BCUT2D eigenvalue weighted by Gasteiger charge is 2.45. The van der Waals surface area contributed by atoms with E-state index in [1.54, 1.807) is 24.5 Å². The molecule has 1 atom stereocenters. The Morgan fingerprint density at radius 3 is 2.79 bits per heavy atom. The van der Waals surface area contributed by atoms with Crippen molar-refractivity contribution < 1.29 is 14.7 Å². The van der Waals surface area contributed by atoms with Crippen LogP contribution in [0.4, 0.5) is 5.95 Å². The van der Waals surface area contributed by atoms with Gasteiger partial charge in [0.1, 0.15) is 0 Å². The largest absolute Gasteiger partial charge is 0.503 e. The van der Waals surface area contributed by atoms with E-state index in [4.69, 9.17) is 0 Å². The SMILES string of the molecule is Cc1ccc2nc(N3C(=O)C(O)=C(C(=O)CC(C)C)C3c3cccnc3)[nH]c2c1. The Morgan fingerprint density at radius 1 is 1.31 bits per heavy atom. The van der Waals surface area contributed by atoms with Crippen molar-refractivity contribution >= 4 is 28.7 Å². The molecule has 0 saturated carbocycles. The molecule has 3 aromatic rings. The van der Waals surface area contributed by atoms with Gasteiger partial charge in [-0.15, -0.1) is 0 Å². The lowest BCUT2D eigenvalue weighted by Crippen LogP contribution is -2.32. The number of aliphatic hydroxyl groups excluding tert-OH is 1. The maximum absolute atomic E-state index is 13.0. The third-order valence-corrected chi connectivity index (χ3v) is 4.96.